The summed E-state index contributed by atoms with van der Waals surface area (Å²) < 4.78 is 6.57. The Bertz CT molecular complexity index is 1380. The highest BCUT2D eigenvalue weighted by molar-refractivity contribution is 6.07. The van der Waals surface area contributed by atoms with Crippen molar-refractivity contribution in [3.05, 3.63) is 94.5 Å². The molecule has 0 saturated heterocycles. The molecule has 160 valence electrons. The van der Waals surface area contributed by atoms with Crippen molar-refractivity contribution in [2.75, 3.05) is 11.9 Å². The molecule has 1 N–H and O–H groups in total. The lowest BCUT2D eigenvalue weighted by atomic mass is 9.97. The van der Waals surface area contributed by atoms with E-state index in [1.54, 1.807) is 36.5 Å². The van der Waals surface area contributed by atoms with Crippen LogP contribution in [0.2, 0.25) is 0 Å². The predicted molar refractivity (Wildman–Crippen MR) is 123 cm³/mol. The number of aryl methyl sites for hydroxylation is 1. The summed E-state index contributed by atoms with van der Waals surface area (Å²) in [5.41, 5.74) is 2.04. The topological polar surface area (TPSA) is 90.3 Å². The number of rotatable bonds is 5. The second kappa shape index (κ2) is 8.85. The molecule has 0 bridgehead atoms. The number of ether oxygens (including phenoxy) is 1. The first-order chi connectivity index (χ1) is 15.5. The summed E-state index contributed by atoms with van der Waals surface area (Å²) >= 11 is 0. The predicted octanol–water partition coefficient (Wildman–Crippen LogP) is 3.70. The number of aromatic nitrogens is 2. The normalized spacial score (nSPS) is 10.7. The number of anilines is 1. The molecule has 2 heterocycles. The monoisotopic (exact) mass is 427 g/mol. The van der Waals surface area contributed by atoms with Crippen LogP contribution in [0.5, 0.6) is 0 Å². The quantitative estimate of drug-likeness (QED) is 0.491. The molecule has 0 atom stereocenters. The molecule has 2 aromatic heterocycles. The lowest BCUT2D eigenvalue weighted by Crippen LogP contribution is -2.28. The van der Waals surface area contributed by atoms with Gasteiger partial charge in [-0.05, 0) is 41.6 Å². The molecular formula is C25H21N3O4. The van der Waals surface area contributed by atoms with Gasteiger partial charge in [0.15, 0.2) is 6.61 Å². The fraction of sp³-hybridized carbons (Fsp3) is 0.120. The lowest BCUT2D eigenvalue weighted by Gasteiger charge is -2.16. The van der Waals surface area contributed by atoms with E-state index in [1.807, 2.05) is 43.3 Å². The number of pyridine rings is 2. The molecular weight excluding hydrogens is 406 g/mol. The van der Waals surface area contributed by atoms with E-state index in [0.717, 1.165) is 11.1 Å². The third-order valence-corrected chi connectivity index (χ3v) is 5.08. The number of nitrogens with one attached hydrogen (secondary N) is 1. The molecule has 4 aromatic rings. The first-order valence-corrected chi connectivity index (χ1v) is 10.0. The molecule has 32 heavy (non-hydrogen) atoms. The second-order valence-corrected chi connectivity index (χ2v) is 7.34. The Hall–Kier alpha value is -4.26. The lowest BCUT2D eigenvalue weighted by molar-refractivity contribution is -0.119. The number of amides is 1. The van der Waals surface area contributed by atoms with Crippen molar-refractivity contribution in [2.24, 2.45) is 7.05 Å². The van der Waals surface area contributed by atoms with Crippen LogP contribution in [0, 0.1) is 6.92 Å². The van der Waals surface area contributed by atoms with Crippen molar-refractivity contribution in [1.29, 1.82) is 0 Å². The van der Waals surface area contributed by atoms with Gasteiger partial charge in [0.25, 0.3) is 11.5 Å². The van der Waals surface area contributed by atoms with Gasteiger partial charge in [0.2, 0.25) is 0 Å². The maximum Gasteiger partial charge on any atom is 0.356 e. The van der Waals surface area contributed by atoms with Crippen LogP contribution in [0.3, 0.4) is 0 Å². The van der Waals surface area contributed by atoms with Gasteiger partial charge in [0.1, 0.15) is 11.5 Å². The Kier molecular flexibility index (Phi) is 5.81. The highest BCUT2D eigenvalue weighted by Gasteiger charge is 2.23. The number of nitrogens with zero attached hydrogens (tertiary/aromatic N) is 2. The van der Waals surface area contributed by atoms with Crippen LogP contribution >= 0.6 is 0 Å². The molecule has 4 rings (SSSR count). The Morgan fingerprint density at radius 3 is 2.41 bits per heavy atom. The van der Waals surface area contributed by atoms with E-state index in [9.17, 15) is 14.4 Å². The van der Waals surface area contributed by atoms with Crippen LogP contribution in [-0.4, -0.2) is 28.0 Å². The van der Waals surface area contributed by atoms with E-state index >= 15 is 0 Å². The fourth-order valence-electron chi connectivity index (χ4n) is 3.58. The van der Waals surface area contributed by atoms with Gasteiger partial charge in [-0.15, -0.1) is 0 Å². The van der Waals surface area contributed by atoms with Crippen molar-refractivity contribution in [3.63, 3.8) is 0 Å². The fourth-order valence-corrected chi connectivity index (χ4v) is 3.58. The maximum absolute atomic E-state index is 13.1. The van der Waals surface area contributed by atoms with Gasteiger partial charge in [0.05, 0.1) is 0 Å². The first-order valence-electron chi connectivity index (χ1n) is 10.0. The van der Waals surface area contributed by atoms with Crippen LogP contribution in [-0.2, 0) is 16.6 Å². The van der Waals surface area contributed by atoms with E-state index in [4.69, 9.17) is 4.74 Å². The van der Waals surface area contributed by atoms with Gasteiger partial charge >= 0.3 is 5.97 Å². The van der Waals surface area contributed by atoms with E-state index in [0.29, 0.717) is 22.2 Å². The molecule has 0 spiro atoms. The Balaban J connectivity index is 1.69. The molecule has 0 aliphatic rings. The Morgan fingerprint density at radius 2 is 1.69 bits per heavy atom. The van der Waals surface area contributed by atoms with Gasteiger partial charge in [-0.2, -0.15) is 0 Å². The zero-order valence-corrected chi connectivity index (χ0v) is 17.7. The van der Waals surface area contributed by atoms with E-state index in [-0.39, 0.29) is 11.3 Å². The minimum Gasteiger partial charge on any atom is -0.451 e. The van der Waals surface area contributed by atoms with E-state index in [2.05, 4.69) is 10.3 Å². The van der Waals surface area contributed by atoms with Crippen molar-refractivity contribution in [1.82, 2.24) is 9.55 Å². The summed E-state index contributed by atoms with van der Waals surface area (Å²) in [6, 6.07) is 19.9. The number of benzene rings is 2. The van der Waals surface area contributed by atoms with Crippen molar-refractivity contribution < 1.29 is 14.3 Å². The van der Waals surface area contributed by atoms with Crippen LogP contribution < -0.4 is 10.9 Å². The summed E-state index contributed by atoms with van der Waals surface area (Å²) in [6.07, 6.45) is 1.58. The Morgan fingerprint density at radius 1 is 1.00 bits per heavy atom. The standard InChI is InChI=1S/C25H21N3O4/c1-16-12-13-26-20(14-16)27-21(29)15-32-25(31)23-22(17-8-4-3-5-9-17)18-10-6-7-11-19(18)24(30)28(23)2/h3-14H,15H2,1-2H3,(H,26,27,29). The van der Waals surface area contributed by atoms with Crippen LogP contribution in [0.1, 0.15) is 16.1 Å². The van der Waals surface area contributed by atoms with E-state index < -0.39 is 18.5 Å². The van der Waals surface area contributed by atoms with Gasteiger partial charge in [-0.3, -0.25) is 9.59 Å². The smallest absolute Gasteiger partial charge is 0.356 e. The van der Waals surface area contributed by atoms with Crippen LogP contribution in [0.4, 0.5) is 5.82 Å². The molecule has 0 aliphatic carbocycles. The summed E-state index contributed by atoms with van der Waals surface area (Å²) in [5.74, 6) is -0.917. The summed E-state index contributed by atoms with van der Waals surface area (Å²) in [4.78, 5) is 42.3. The first kappa shape index (κ1) is 21.0. The zero-order chi connectivity index (χ0) is 22.7. The number of hydrogen-bond donors (Lipinski definition) is 1. The zero-order valence-electron chi connectivity index (χ0n) is 17.7. The van der Waals surface area contributed by atoms with Gasteiger partial charge < -0.3 is 14.6 Å². The van der Waals surface area contributed by atoms with Crippen molar-refractivity contribution >= 4 is 28.5 Å². The Labute approximate surface area is 184 Å². The SMILES string of the molecule is Cc1ccnc(NC(=O)COC(=O)c2c(-c3ccccc3)c3ccccc3c(=O)n2C)c1. The van der Waals surface area contributed by atoms with Crippen LogP contribution in [0.15, 0.2) is 77.7 Å². The minimum atomic E-state index is -0.762. The molecule has 2 aromatic carbocycles. The maximum atomic E-state index is 13.1. The number of fused-ring (bicyclic) bond motifs is 1. The molecule has 7 nitrogen and oxygen atoms in total. The van der Waals surface area contributed by atoms with Crippen molar-refractivity contribution in [2.45, 2.75) is 6.92 Å². The third kappa shape index (κ3) is 4.13. The van der Waals surface area contributed by atoms with Gasteiger partial charge in [-0.1, -0.05) is 48.5 Å². The molecule has 0 saturated carbocycles. The average molecular weight is 427 g/mol. The third-order valence-electron chi connectivity index (χ3n) is 5.08. The molecule has 0 aliphatic heterocycles. The summed E-state index contributed by atoms with van der Waals surface area (Å²) in [7, 11) is 1.52. The molecule has 0 fully saturated rings. The average Bonchev–Trinajstić information content (AvgIpc) is 2.80. The molecule has 0 unspecified atom stereocenters. The second-order valence-electron chi connectivity index (χ2n) is 7.34. The summed E-state index contributed by atoms with van der Waals surface area (Å²) in [5, 5.41) is 3.73. The number of hydrogen-bond acceptors (Lipinski definition) is 5. The highest BCUT2D eigenvalue weighted by atomic mass is 16.5. The van der Waals surface area contributed by atoms with Crippen molar-refractivity contribution in [3.8, 4) is 11.1 Å². The number of carbonyl (C=O) groups excluding carboxylic acids is 2. The van der Waals surface area contributed by atoms with Crippen LogP contribution in [0.25, 0.3) is 21.9 Å². The van der Waals surface area contributed by atoms with Gasteiger partial charge in [0, 0.05) is 24.2 Å². The summed E-state index contributed by atoms with van der Waals surface area (Å²) in [6.45, 7) is 1.37. The largest absolute Gasteiger partial charge is 0.451 e. The minimum absolute atomic E-state index is 0.0846. The molecule has 1 amide bonds. The number of esters is 1. The number of carbonyl (C=O) groups is 2. The highest BCUT2D eigenvalue weighted by Crippen LogP contribution is 2.30. The van der Waals surface area contributed by atoms with E-state index in [1.165, 1.54) is 11.6 Å². The molecule has 0 radical (unpaired) electrons. The molecule has 7 heteroatoms. The van der Waals surface area contributed by atoms with Gasteiger partial charge in [-0.25, -0.2) is 9.78 Å².